The van der Waals surface area contributed by atoms with E-state index in [1.165, 1.54) is 4.90 Å². The minimum atomic E-state index is -0.282. The van der Waals surface area contributed by atoms with Gasteiger partial charge >= 0.3 is 0 Å². The standard InChI is InChI=1S/C14H12ClNO2/c15-9-6-7-11-12(8-9)14(18)16(13(11)17)10-4-2-1-3-5-10/h1-6,11-12H,7-8H2/t11-,12-/m1/s1. The fourth-order valence-electron chi connectivity index (χ4n) is 2.66. The number of allylic oxidation sites excluding steroid dienone is 2. The van der Waals surface area contributed by atoms with Gasteiger partial charge in [0.2, 0.25) is 11.8 Å². The summed E-state index contributed by atoms with van der Waals surface area (Å²) in [5.41, 5.74) is 0.651. The van der Waals surface area contributed by atoms with Crippen molar-refractivity contribution in [1.82, 2.24) is 0 Å². The molecule has 0 saturated carbocycles. The summed E-state index contributed by atoms with van der Waals surface area (Å²) in [5.74, 6) is -0.741. The van der Waals surface area contributed by atoms with Gasteiger partial charge in [-0.25, -0.2) is 0 Å². The normalized spacial score (nSPS) is 27.2. The molecule has 1 saturated heterocycles. The van der Waals surface area contributed by atoms with Crippen molar-refractivity contribution < 1.29 is 9.59 Å². The number of imide groups is 1. The maximum absolute atomic E-state index is 12.3. The second-order valence-corrected chi connectivity index (χ2v) is 5.14. The Kier molecular flexibility index (Phi) is 2.71. The van der Waals surface area contributed by atoms with Gasteiger partial charge in [0, 0.05) is 5.03 Å². The number of amides is 2. The molecule has 2 amide bonds. The molecule has 4 heteroatoms. The zero-order chi connectivity index (χ0) is 12.7. The number of nitrogens with zero attached hydrogens (tertiary/aromatic N) is 1. The number of fused-ring (bicyclic) bond motifs is 1. The number of benzene rings is 1. The highest BCUT2D eigenvalue weighted by Gasteiger charge is 2.48. The molecule has 0 spiro atoms. The molecule has 1 fully saturated rings. The highest BCUT2D eigenvalue weighted by atomic mass is 35.5. The summed E-state index contributed by atoms with van der Waals surface area (Å²) in [6, 6.07) is 9.07. The van der Waals surface area contributed by atoms with Crippen LogP contribution in [0.2, 0.25) is 0 Å². The smallest absolute Gasteiger partial charge is 0.238 e. The van der Waals surface area contributed by atoms with E-state index in [9.17, 15) is 9.59 Å². The van der Waals surface area contributed by atoms with Gasteiger partial charge in [-0.2, -0.15) is 0 Å². The van der Waals surface area contributed by atoms with E-state index in [1.807, 2.05) is 24.3 Å². The summed E-state index contributed by atoms with van der Waals surface area (Å²) >= 11 is 5.97. The van der Waals surface area contributed by atoms with Gasteiger partial charge in [-0.1, -0.05) is 35.9 Å². The molecule has 92 valence electrons. The first-order valence-electron chi connectivity index (χ1n) is 5.96. The molecule has 0 bridgehead atoms. The van der Waals surface area contributed by atoms with Crippen molar-refractivity contribution in [1.29, 1.82) is 0 Å². The zero-order valence-corrected chi connectivity index (χ0v) is 10.4. The van der Waals surface area contributed by atoms with E-state index in [0.29, 0.717) is 23.6 Å². The van der Waals surface area contributed by atoms with E-state index >= 15 is 0 Å². The van der Waals surface area contributed by atoms with Crippen LogP contribution in [0.3, 0.4) is 0 Å². The molecule has 3 nitrogen and oxygen atoms in total. The average Bonchev–Trinajstić information content (AvgIpc) is 2.63. The van der Waals surface area contributed by atoms with Crippen LogP contribution in [0.25, 0.3) is 0 Å². The summed E-state index contributed by atoms with van der Waals surface area (Å²) in [4.78, 5) is 25.9. The Hall–Kier alpha value is -1.61. The van der Waals surface area contributed by atoms with Gasteiger partial charge in [-0.3, -0.25) is 14.5 Å². The van der Waals surface area contributed by atoms with E-state index < -0.39 is 0 Å². The highest BCUT2D eigenvalue weighted by Crippen LogP contribution is 2.40. The number of hydrogen-bond acceptors (Lipinski definition) is 2. The second-order valence-electron chi connectivity index (χ2n) is 4.65. The third-order valence-corrected chi connectivity index (χ3v) is 3.89. The first-order chi connectivity index (χ1) is 8.68. The third kappa shape index (κ3) is 1.66. The van der Waals surface area contributed by atoms with Crippen molar-refractivity contribution in [3.63, 3.8) is 0 Å². The van der Waals surface area contributed by atoms with Crippen LogP contribution in [0.15, 0.2) is 41.4 Å². The lowest BCUT2D eigenvalue weighted by Crippen LogP contribution is -2.30. The molecule has 0 aromatic heterocycles. The molecule has 1 aromatic rings. The van der Waals surface area contributed by atoms with Crippen LogP contribution in [-0.4, -0.2) is 11.8 Å². The lowest BCUT2D eigenvalue weighted by atomic mass is 9.85. The lowest BCUT2D eigenvalue weighted by molar-refractivity contribution is -0.122. The molecule has 0 unspecified atom stereocenters. The Bertz CT molecular complexity index is 538. The quantitative estimate of drug-likeness (QED) is 0.729. The van der Waals surface area contributed by atoms with E-state index in [4.69, 9.17) is 11.6 Å². The third-order valence-electron chi connectivity index (χ3n) is 3.58. The van der Waals surface area contributed by atoms with Gasteiger partial charge in [0.05, 0.1) is 17.5 Å². The Morgan fingerprint density at radius 1 is 1.06 bits per heavy atom. The first kappa shape index (κ1) is 11.5. The zero-order valence-electron chi connectivity index (χ0n) is 9.67. The van der Waals surface area contributed by atoms with Crippen LogP contribution in [-0.2, 0) is 9.59 Å². The van der Waals surface area contributed by atoms with Crippen LogP contribution >= 0.6 is 11.6 Å². The molecular formula is C14H12ClNO2. The van der Waals surface area contributed by atoms with Crippen molar-refractivity contribution in [2.24, 2.45) is 11.8 Å². The second kappa shape index (κ2) is 4.25. The molecule has 2 atom stereocenters. The van der Waals surface area contributed by atoms with Crippen LogP contribution in [0, 0.1) is 11.8 Å². The van der Waals surface area contributed by atoms with Crippen molar-refractivity contribution in [3.8, 4) is 0 Å². The minimum Gasteiger partial charge on any atom is -0.274 e. The van der Waals surface area contributed by atoms with Gasteiger partial charge in [0.1, 0.15) is 0 Å². The van der Waals surface area contributed by atoms with E-state index in [0.717, 1.165) is 0 Å². The SMILES string of the molecule is O=C1[C@@H]2CC=C(Cl)C[C@H]2C(=O)N1c1ccccc1. The maximum atomic E-state index is 12.3. The van der Waals surface area contributed by atoms with Gasteiger partial charge in [-0.15, -0.1) is 0 Å². The number of anilines is 1. The first-order valence-corrected chi connectivity index (χ1v) is 6.33. The molecule has 3 rings (SSSR count). The predicted molar refractivity (Wildman–Crippen MR) is 69.1 cm³/mol. The number of para-hydroxylation sites is 1. The van der Waals surface area contributed by atoms with Crippen molar-refractivity contribution in [2.45, 2.75) is 12.8 Å². The number of hydrogen-bond donors (Lipinski definition) is 0. The average molecular weight is 262 g/mol. The number of carbonyl (C=O) groups excluding carboxylic acids is 2. The predicted octanol–water partition coefficient (Wildman–Crippen LogP) is 2.71. The summed E-state index contributed by atoms with van der Waals surface area (Å²) in [7, 11) is 0. The Morgan fingerprint density at radius 3 is 2.44 bits per heavy atom. The Morgan fingerprint density at radius 2 is 1.72 bits per heavy atom. The van der Waals surface area contributed by atoms with E-state index in [1.54, 1.807) is 12.1 Å². The summed E-state index contributed by atoms with van der Waals surface area (Å²) < 4.78 is 0. The van der Waals surface area contributed by atoms with Gasteiger partial charge in [0.15, 0.2) is 0 Å². The van der Waals surface area contributed by atoms with Crippen molar-refractivity contribution >= 4 is 29.1 Å². The largest absolute Gasteiger partial charge is 0.274 e. The fourth-order valence-corrected chi connectivity index (χ4v) is 2.91. The molecule has 1 heterocycles. The van der Waals surface area contributed by atoms with Crippen molar-refractivity contribution in [3.05, 3.63) is 41.4 Å². The molecule has 2 aliphatic rings. The van der Waals surface area contributed by atoms with Crippen molar-refractivity contribution in [2.75, 3.05) is 4.90 Å². The van der Waals surface area contributed by atoms with Crippen LogP contribution in [0.4, 0.5) is 5.69 Å². The molecule has 18 heavy (non-hydrogen) atoms. The molecular weight excluding hydrogens is 250 g/mol. The topological polar surface area (TPSA) is 37.4 Å². The molecule has 0 radical (unpaired) electrons. The summed E-state index contributed by atoms with van der Waals surface area (Å²) in [5, 5.41) is 0.687. The van der Waals surface area contributed by atoms with Gasteiger partial charge in [-0.05, 0) is 25.0 Å². The van der Waals surface area contributed by atoms with Crippen LogP contribution in [0.5, 0.6) is 0 Å². The van der Waals surface area contributed by atoms with Gasteiger partial charge < -0.3 is 0 Å². The molecule has 1 aromatic carbocycles. The van der Waals surface area contributed by atoms with Crippen LogP contribution < -0.4 is 4.90 Å². The molecule has 0 N–H and O–H groups in total. The Labute approximate surface area is 110 Å². The van der Waals surface area contributed by atoms with Gasteiger partial charge in [0.25, 0.3) is 0 Å². The summed E-state index contributed by atoms with van der Waals surface area (Å²) in [6.07, 6.45) is 2.90. The number of halogens is 1. The monoisotopic (exact) mass is 261 g/mol. The summed E-state index contributed by atoms with van der Waals surface area (Å²) in [6.45, 7) is 0. The van der Waals surface area contributed by atoms with E-state index in [2.05, 4.69) is 0 Å². The highest BCUT2D eigenvalue weighted by molar-refractivity contribution is 6.30. The van der Waals surface area contributed by atoms with Crippen LogP contribution in [0.1, 0.15) is 12.8 Å². The maximum Gasteiger partial charge on any atom is 0.238 e. The molecule has 1 aliphatic carbocycles. The lowest BCUT2D eigenvalue weighted by Gasteiger charge is -2.17. The number of rotatable bonds is 1. The number of carbonyl (C=O) groups is 2. The fraction of sp³-hybridized carbons (Fsp3) is 0.286. The molecule has 1 aliphatic heterocycles. The minimum absolute atomic E-state index is 0.100. The van der Waals surface area contributed by atoms with E-state index in [-0.39, 0.29) is 23.7 Å². The Balaban J connectivity index is 1.96.